The predicted molar refractivity (Wildman–Crippen MR) is 67.5 cm³/mol. The highest BCUT2D eigenvalue weighted by molar-refractivity contribution is 5.81. The first kappa shape index (κ1) is 12.4. The highest BCUT2D eigenvalue weighted by Crippen LogP contribution is 2.41. The SMILES string of the molecule is CC1NC(N)OC2C3CCCCC3N(C)C(=O)C12. The first-order valence-electron chi connectivity index (χ1n) is 7.03. The zero-order valence-corrected chi connectivity index (χ0v) is 11.1. The minimum Gasteiger partial charge on any atom is -0.346 e. The van der Waals surface area contributed by atoms with Crippen LogP contribution in [0.15, 0.2) is 0 Å². The lowest BCUT2D eigenvalue weighted by atomic mass is 9.70. The molecule has 0 aromatic heterocycles. The number of nitrogens with one attached hydrogen (secondary N) is 1. The monoisotopic (exact) mass is 253 g/mol. The van der Waals surface area contributed by atoms with Gasteiger partial charge < -0.3 is 9.64 Å². The maximum absolute atomic E-state index is 12.5. The van der Waals surface area contributed by atoms with Crippen molar-refractivity contribution in [2.24, 2.45) is 17.6 Å². The molecule has 0 aromatic rings. The Morgan fingerprint density at radius 3 is 2.89 bits per heavy atom. The molecule has 2 heterocycles. The van der Waals surface area contributed by atoms with Gasteiger partial charge in [0.1, 0.15) is 0 Å². The zero-order valence-electron chi connectivity index (χ0n) is 11.1. The molecule has 18 heavy (non-hydrogen) atoms. The molecule has 102 valence electrons. The second kappa shape index (κ2) is 4.47. The normalized spacial score (nSPS) is 48.6. The number of piperidine rings is 1. The van der Waals surface area contributed by atoms with Crippen molar-refractivity contribution in [3.05, 3.63) is 0 Å². The summed E-state index contributed by atoms with van der Waals surface area (Å²) in [4.78, 5) is 14.5. The van der Waals surface area contributed by atoms with Crippen molar-refractivity contribution in [2.75, 3.05) is 7.05 Å². The molecule has 5 heteroatoms. The molecule has 6 unspecified atom stereocenters. The second-order valence-corrected chi connectivity index (χ2v) is 5.97. The van der Waals surface area contributed by atoms with E-state index in [0.717, 1.165) is 12.8 Å². The summed E-state index contributed by atoms with van der Waals surface area (Å²) in [5.41, 5.74) is 5.88. The number of hydrogen-bond acceptors (Lipinski definition) is 4. The molecule has 6 atom stereocenters. The zero-order chi connectivity index (χ0) is 12.9. The van der Waals surface area contributed by atoms with Crippen LogP contribution in [0.25, 0.3) is 0 Å². The Balaban J connectivity index is 1.91. The van der Waals surface area contributed by atoms with Crippen LogP contribution in [-0.2, 0) is 9.53 Å². The van der Waals surface area contributed by atoms with Crippen LogP contribution in [0.5, 0.6) is 0 Å². The smallest absolute Gasteiger partial charge is 0.229 e. The third-order valence-corrected chi connectivity index (χ3v) is 4.96. The largest absolute Gasteiger partial charge is 0.346 e. The number of rotatable bonds is 0. The van der Waals surface area contributed by atoms with Crippen molar-refractivity contribution in [1.29, 1.82) is 0 Å². The summed E-state index contributed by atoms with van der Waals surface area (Å²) in [5, 5.41) is 3.13. The van der Waals surface area contributed by atoms with Crippen molar-refractivity contribution in [3.63, 3.8) is 0 Å². The standard InChI is InChI=1S/C13H23N3O2/c1-7-10-11(18-13(14)15-7)8-5-3-4-6-9(8)16(2)12(10)17/h7-11,13,15H,3-6,14H2,1-2H3. The molecule has 3 rings (SSSR count). The fraction of sp³-hybridized carbons (Fsp3) is 0.923. The minimum absolute atomic E-state index is 0.00486. The summed E-state index contributed by atoms with van der Waals surface area (Å²) in [6, 6.07) is 0.446. The average molecular weight is 253 g/mol. The maximum atomic E-state index is 12.5. The van der Waals surface area contributed by atoms with Gasteiger partial charge in [-0.25, -0.2) is 0 Å². The highest BCUT2D eigenvalue weighted by atomic mass is 16.5. The summed E-state index contributed by atoms with van der Waals surface area (Å²) in [6.45, 7) is 2.04. The van der Waals surface area contributed by atoms with Gasteiger partial charge in [0, 0.05) is 25.0 Å². The number of hydrogen-bond donors (Lipinski definition) is 2. The molecule has 1 saturated carbocycles. The Hall–Kier alpha value is -0.650. The highest BCUT2D eigenvalue weighted by Gasteiger charge is 2.52. The number of amides is 1. The molecule has 0 radical (unpaired) electrons. The lowest BCUT2D eigenvalue weighted by Gasteiger charge is -2.53. The van der Waals surface area contributed by atoms with Crippen molar-refractivity contribution >= 4 is 5.91 Å². The Morgan fingerprint density at radius 1 is 1.39 bits per heavy atom. The molecular weight excluding hydrogens is 230 g/mol. The molecule has 1 aliphatic carbocycles. The van der Waals surface area contributed by atoms with Crippen molar-refractivity contribution < 1.29 is 9.53 Å². The van der Waals surface area contributed by atoms with Gasteiger partial charge in [-0.15, -0.1) is 0 Å². The van der Waals surface area contributed by atoms with Crippen LogP contribution < -0.4 is 11.1 Å². The van der Waals surface area contributed by atoms with Gasteiger partial charge in [0.25, 0.3) is 0 Å². The number of ether oxygens (including phenoxy) is 1. The first-order valence-corrected chi connectivity index (χ1v) is 7.03. The summed E-state index contributed by atoms with van der Waals surface area (Å²) in [7, 11) is 1.95. The van der Waals surface area contributed by atoms with E-state index in [1.165, 1.54) is 12.8 Å². The molecule has 2 saturated heterocycles. The van der Waals surface area contributed by atoms with Crippen LogP contribution in [0.4, 0.5) is 0 Å². The van der Waals surface area contributed by atoms with E-state index in [4.69, 9.17) is 10.5 Å². The lowest BCUT2D eigenvalue weighted by Crippen LogP contribution is -2.69. The molecule has 3 aliphatic rings. The van der Waals surface area contributed by atoms with E-state index in [0.29, 0.717) is 12.0 Å². The predicted octanol–water partition coefficient (Wildman–Crippen LogP) is 0.253. The van der Waals surface area contributed by atoms with E-state index in [2.05, 4.69) is 5.32 Å². The van der Waals surface area contributed by atoms with E-state index < -0.39 is 6.35 Å². The van der Waals surface area contributed by atoms with Crippen LogP contribution in [-0.4, -0.2) is 42.4 Å². The minimum atomic E-state index is -0.431. The topological polar surface area (TPSA) is 67.6 Å². The quantitative estimate of drug-likeness (QED) is 0.649. The second-order valence-electron chi connectivity index (χ2n) is 5.97. The van der Waals surface area contributed by atoms with Gasteiger partial charge in [-0.3, -0.25) is 15.8 Å². The van der Waals surface area contributed by atoms with Gasteiger partial charge >= 0.3 is 0 Å². The molecule has 3 fully saturated rings. The van der Waals surface area contributed by atoms with E-state index >= 15 is 0 Å². The Bertz CT molecular complexity index is 349. The number of nitrogens with two attached hydrogens (primary N) is 1. The fourth-order valence-electron chi connectivity index (χ4n) is 4.06. The molecule has 5 nitrogen and oxygen atoms in total. The van der Waals surface area contributed by atoms with Gasteiger partial charge in [-0.05, 0) is 19.8 Å². The summed E-state index contributed by atoms with van der Waals surface area (Å²) in [5.74, 6) is 0.603. The number of likely N-dealkylation sites (tertiary alicyclic amines) is 1. The van der Waals surface area contributed by atoms with Gasteiger partial charge in [0.2, 0.25) is 5.91 Å². The molecule has 0 bridgehead atoms. The van der Waals surface area contributed by atoms with Crippen LogP contribution in [0.2, 0.25) is 0 Å². The molecule has 2 aliphatic heterocycles. The van der Waals surface area contributed by atoms with Crippen molar-refractivity contribution in [1.82, 2.24) is 10.2 Å². The first-order chi connectivity index (χ1) is 8.59. The average Bonchev–Trinajstić information content (AvgIpc) is 2.35. The Kier molecular flexibility index (Phi) is 3.08. The van der Waals surface area contributed by atoms with E-state index in [1.54, 1.807) is 0 Å². The molecule has 0 aromatic carbocycles. The fourth-order valence-corrected chi connectivity index (χ4v) is 4.06. The lowest BCUT2D eigenvalue weighted by molar-refractivity contribution is -0.190. The van der Waals surface area contributed by atoms with Gasteiger partial charge in [-0.2, -0.15) is 0 Å². The van der Waals surface area contributed by atoms with E-state index in [-0.39, 0.29) is 24.0 Å². The van der Waals surface area contributed by atoms with Crippen LogP contribution in [0, 0.1) is 11.8 Å². The van der Waals surface area contributed by atoms with Gasteiger partial charge in [-0.1, -0.05) is 12.8 Å². The number of nitrogens with zero attached hydrogens (tertiary/aromatic N) is 1. The van der Waals surface area contributed by atoms with E-state index in [1.807, 2.05) is 18.9 Å². The van der Waals surface area contributed by atoms with E-state index in [9.17, 15) is 4.79 Å². The molecule has 0 spiro atoms. The summed E-state index contributed by atoms with van der Waals surface area (Å²) >= 11 is 0. The molecule has 1 amide bonds. The number of carbonyl (C=O) groups is 1. The van der Waals surface area contributed by atoms with Gasteiger partial charge in [0.05, 0.1) is 12.0 Å². The summed E-state index contributed by atoms with van der Waals surface area (Å²) < 4.78 is 5.87. The Morgan fingerprint density at radius 2 is 2.11 bits per heavy atom. The maximum Gasteiger partial charge on any atom is 0.229 e. The molecular formula is C13H23N3O2. The Labute approximate surface area is 108 Å². The van der Waals surface area contributed by atoms with Crippen LogP contribution in [0.3, 0.4) is 0 Å². The summed E-state index contributed by atoms with van der Waals surface area (Å²) in [6.07, 6.45) is 4.30. The van der Waals surface area contributed by atoms with Gasteiger partial charge in [0.15, 0.2) is 6.35 Å². The van der Waals surface area contributed by atoms with Crippen LogP contribution >= 0.6 is 0 Å². The third kappa shape index (κ3) is 1.76. The van der Waals surface area contributed by atoms with Crippen LogP contribution in [0.1, 0.15) is 32.6 Å². The van der Waals surface area contributed by atoms with Crippen molar-refractivity contribution in [2.45, 2.75) is 57.1 Å². The number of carbonyl (C=O) groups excluding carboxylic acids is 1. The third-order valence-electron chi connectivity index (χ3n) is 4.96. The number of fused-ring (bicyclic) bond motifs is 3. The van der Waals surface area contributed by atoms with Crippen molar-refractivity contribution in [3.8, 4) is 0 Å². The molecule has 3 N–H and O–H groups in total.